The maximum absolute atomic E-state index is 10.2. The predicted molar refractivity (Wildman–Crippen MR) is 55.3 cm³/mol. The topological polar surface area (TPSA) is 62.2 Å². The number of anilines is 1. The lowest BCUT2D eigenvalue weighted by Crippen LogP contribution is -2.12. The zero-order valence-electron chi connectivity index (χ0n) is 6.53. The highest BCUT2D eigenvalue weighted by Crippen LogP contribution is 2.12. The van der Waals surface area contributed by atoms with Gasteiger partial charge in [0.25, 0.3) is 0 Å². The van der Waals surface area contributed by atoms with Gasteiger partial charge in [0.1, 0.15) is 6.54 Å². The third kappa shape index (κ3) is 4.69. The molecule has 2 N–H and O–H groups in total. The van der Waals surface area contributed by atoms with Gasteiger partial charge in [0.05, 0.1) is 11.9 Å². The summed E-state index contributed by atoms with van der Waals surface area (Å²) < 4.78 is 0.817. The van der Waals surface area contributed by atoms with Gasteiger partial charge in [-0.1, -0.05) is 0 Å². The van der Waals surface area contributed by atoms with E-state index < -0.39 is 5.97 Å². The molecule has 0 fully saturated rings. The molecular weight excluding hydrogens is 259 g/mol. The second-order valence-electron chi connectivity index (χ2n) is 2.14. The van der Waals surface area contributed by atoms with Crippen molar-refractivity contribution in [3.05, 3.63) is 22.9 Å². The summed E-state index contributed by atoms with van der Waals surface area (Å²) in [5, 5.41) is 11.0. The SMILES string of the molecule is Cl.O=C(O)CNc1cncc(Br)c1. The van der Waals surface area contributed by atoms with Crippen molar-refractivity contribution in [1.82, 2.24) is 4.98 Å². The summed E-state index contributed by atoms with van der Waals surface area (Å²) in [6, 6.07) is 1.76. The fraction of sp³-hybridized carbons (Fsp3) is 0.143. The van der Waals surface area contributed by atoms with Gasteiger partial charge in [0.2, 0.25) is 0 Å². The van der Waals surface area contributed by atoms with Crippen LogP contribution in [0.25, 0.3) is 0 Å². The molecule has 1 heterocycles. The first kappa shape index (κ1) is 12.2. The Morgan fingerprint density at radius 2 is 2.31 bits per heavy atom. The van der Waals surface area contributed by atoms with E-state index in [2.05, 4.69) is 26.2 Å². The zero-order chi connectivity index (χ0) is 8.97. The molecule has 1 aromatic heterocycles. The summed E-state index contributed by atoms with van der Waals surface area (Å²) >= 11 is 3.22. The highest BCUT2D eigenvalue weighted by Gasteiger charge is 1.96. The Kier molecular flexibility index (Phi) is 5.41. The second-order valence-corrected chi connectivity index (χ2v) is 3.05. The predicted octanol–water partition coefficient (Wildman–Crippen LogP) is 1.76. The summed E-state index contributed by atoms with van der Waals surface area (Å²) in [6.45, 7) is -0.0991. The minimum absolute atomic E-state index is 0. The monoisotopic (exact) mass is 266 g/mol. The van der Waals surface area contributed by atoms with Crippen LogP contribution in [-0.4, -0.2) is 22.6 Å². The van der Waals surface area contributed by atoms with Crippen molar-refractivity contribution in [2.24, 2.45) is 0 Å². The van der Waals surface area contributed by atoms with Crippen molar-refractivity contribution in [3.63, 3.8) is 0 Å². The first-order valence-electron chi connectivity index (χ1n) is 3.24. The first-order valence-corrected chi connectivity index (χ1v) is 4.04. The molecule has 0 aliphatic carbocycles. The Hall–Kier alpha value is -0.810. The number of rotatable bonds is 3. The van der Waals surface area contributed by atoms with E-state index in [1.54, 1.807) is 18.5 Å². The van der Waals surface area contributed by atoms with Crippen LogP contribution >= 0.6 is 28.3 Å². The van der Waals surface area contributed by atoms with Crippen LogP contribution < -0.4 is 5.32 Å². The van der Waals surface area contributed by atoms with Crippen LogP contribution in [0.4, 0.5) is 5.69 Å². The van der Waals surface area contributed by atoms with E-state index in [0.29, 0.717) is 5.69 Å². The van der Waals surface area contributed by atoms with Gasteiger partial charge in [-0.3, -0.25) is 9.78 Å². The van der Waals surface area contributed by atoms with Crippen molar-refractivity contribution < 1.29 is 9.90 Å². The molecule has 0 saturated heterocycles. The van der Waals surface area contributed by atoms with Crippen LogP contribution in [0.5, 0.6) is 0 Å². The molecule has 0 bridgehead atoms. The molecule has 6 heteroatoms. The van der Waals surface area contributed by atoms with Gasteiger partial charge in [-0.05, 0) is 22.0 Å². The fourth-order valence-corrected chi connectivity index (χ4v) is 1.05. The van der Waals surface area contributed by atoms with Crippen molar-refractivity contribution in [1.29, 1.82) is 0 Å². The number of hydrogen-bond acceptors (Lipinski definition) is 3. The van der Waals surface area contributed by atoms with Gasteiger partial charge in [0.15, 0.2) is 0 Å². The van der Waals surface area contributed by atoms with E-state index >= 15 is 0 Å². The lowest BCUT2D eigenvalue weighted by molar-refractivity contribution is -0.134. The summed E-state index contributed by atoms with van der Waals surface area (Å²) in [4.78, 5) is 14.0. The van der Waals surface area contributed by atoms with E-state index in [4.69, 9.17) is 5.11 Å². The number of nitrogens with zero attached hydrogens (tertiary/aromatic N) is 1. The Balaban J connectivity index is 0.00000144. The molecule has 0 saturated carbocycles. The summed E-state index contributed by atoms with van der Waals surface area (Å²) in [5.74, 6) is -0.894. The molecule has 0 amide bonds. The number of halogens is 2. The van der Waals surface area contributed by atoms with Crippen molar-refractivity contribution in [3.8, 4) is 0 Å². The summed E-state index contributed by atoms with van der Waals surface area (Å²) in [6.07, 6.45) is 3.19. The standard InChI is InChI=1S/C7H7BrN2O2.ClH/c8-5-1-6(3-9-2-5)10-4-7(11)12;/h1-3,10H,4H2,(H,11,12);1H. The third-order valence-electron chi connectivity index (χ3n) is 1.15. The summed E-state index contributed by atoms with van der Waals surface area (Å²) in [5.41, 5.74) is 0.687. The molecule has 1 rings (SSSR count). The normalized spacial score (nSPS) is 8.69. The summed E-state index contributed by atoms with van der Waals surface area (Å²) in [7, 11) is 0. The van der Waals surface area contributed by atoms with Crippen LogP contribution in [0.2, 0.25) is 0 Å². The minimum atomic E-state index is -0.894. The zero-order valence-corrected chi connectivity index (χ0v) is 8.93. The van der Waals surface area contributed by atoms with Gasteiger partial charge in [-0.15, -0.1) is 12.4 Å². The molecule has 0 aromatic carbocycles. The highest BCUT2D eigenvalue weighted by atomic mass is 79.9. The number of carbonyl (C=O) groups is 1. The minimum Gasteiger partial charge on any atom is -0.480 e. The maximum Gasteiger partial charge on any atom is 0.322 e. The lowest BCUT2D eigenvalue weighted by Gasteiger charge is -2.01. The molecule has 1 aromatic rings. The van der Waals surface area contributed by atoms with E-state index in [-0.39, 0.29) is 19.0 Å². The van der Waals surface area contributed by atoms with Gasteiger partial charge in [-0.2, -0.15) is 0 Å². The van der Waals surface area contributed by atoms with E-state index in [1.165, 1.54) is 0 Å². The highest BCUT2D eigenvalue weighted by molar-refractivity contribution is 9.10. The smallest absolute Gasteiger partial charge is 0.322 e. The molecule has 0 unspecified atom stereocenters. The molecule has 0 radical (unpaired) electrons. The molecule has 13 heavy (non-hydrogen) atoms. The number of nitrogens with one attached hydrogen (secondary N) is 1. The van der Waals surface area contributed by atoms with Crippen molar-refractivity contribution in [2.45, 2.75) is 0 Å². The maximum atomic E-state index is 10.2. The number of aromatic nitrogens is 1. The number of hydrogen-bond donors (Lipinski definition) is 2. The molecule has 4 nitrogen and oxygen atoms in total. The third-order valence-corrected chi connectivity index (χ3v) is 1.58. The van der Waals surface area contributed by atoms with E-state index in [1.807, 2.05) is 0 Å². The number of carboxylic acid groups (broad SMARTS) is 1. The van der Waals surface area contributed by atoms with Gasteiger partial charge < -0.3 is 10.4 Å². The van der Waals surface area contributed by atoms with Crippen LogP contribution in [0.3, 0.4) is 0 Å². The van der Waals surface area contributed by atoms with E-state index in [9.17, 15) is 4.79 Å². The number of carboxylic acids is 1. The van der Waals surface area contributed by atoms with Gasteiger partial charge in [-0.25, -0.2) is 0 Å². The Labute approximate surface area is 89.9 Å². The van der Waals surface area contributed by atoms with Crippen LogP contribution in [0.1, 0.15) is 0 Å². The van der Waals surface area contributed by atoms with Crippen LogP contribution in [0.15, 0.2) is 22.9 Å². The Morgan fingerprint density at radius 1 is 1.62 bits per heavy atom. The quantitative estimate of drug-likeness (QED) is 0.876. The van der Waals surface area contributed by atoms with Crippen molar-refractivity contribution >= 4 is 40.0 Å². The van der Waals surface area contributed by atoms with Crippen LogP contribution in [-0.2, 0) is 4.79 Å². The Morgan fingerprint density at radius 3 is 2.85 bits per heavy atom. The molecule has 0 atom stereocenters. The average Bonchev–Trinajstić information content (AvgIpc) is 2.01. The molecule has 72 valence electrons. The second kappa shape index (κ2) is 5.77. The average molecular weight is 268 g/mol. The molecule has 0 aliphatic heterocycles. The fourth-order valence-electron chi connectivity index (χ4n) is 0.686. The number of aliphatic carboxylic acids is 1. The van der Waals surface area contributed by atoms with E-state index in [0.717, 1.165) is 4.47 Å². The number of pyridine rings is 1. The lowest BCUT2D eigenvalue weighted by atomic mass is 10.4. The molecular formula is C7H8BrClN2O2. The van der Waals surface area contributed by atoms with Crippen molar-refractivity contribution in [2.75, 3.05) is 11.9 Å². The van der Waals surface area contributed by atoms with Gasteiger partial charge in [0, 0.05) is 10.7 Å². The molecule has 0 spiro atoms. The Bertz CT molecular complexity index is 296. The van der Waals surface area contributed by atoms with Gasteiger partial charge >= 0.3 is 5.97 Å². The largest absolute Gasteiger partial charge is 0.480 e. The first-order chi connectivity index (χ1) is 5.68. The molecule has 0 aliphatic rings. The van der Waals surface area contributed by atoms with Crippen LogP contribution in [0, 0.1) is 0 Å².